The van der Waals surface area contributed by atoms with Crippen molar-refractivity contribution < 1.29 is 0 Å². The van der Waals surface area contributed by atoms with Gasteiger partial charge in [0.2, 0.25) is 0 Å². The lowest BCUT2D eigenvalue weighted by atomic mass is 9.94. The topological polar surface area (TPSA) is 54.0 Å². The molecule has 34 heavy (non-hydrogen) atoms. The smallest absolute Gasteiger partial charge is 0.177 e. The number of aryl methyl sites for hydroxylation is 2. The van der Waals surface area contributed by atoms with Gasteiger partial charge in [0.15, 0.2) is 5.84 Å². The van der Waals surface area contributed by atoms with Crippen molar-refractivity contribution >= 4 is 12.6 Å². The Labute approximate surface area is 201 Å². The molecular formula is C30H28N4. The summed E-state index contributed by atoms with van der Waals surface area (Å²) in [6, 6.07) is 35.3. The number of nitrogens with two attached hydrogens (primary N) is 1. The van der Waals surface area contributed by atoms with Crippen molar-refractivity contribution in [2.45, 2.75) is 25.3 Å². The van der Waals surface area contributed by atoms with Crippen LogP contribution >= 0.6 is 0 Å². The summed E-state index contributed by atoms with van der Waals surface area (Å²) >= 11 is 0. The minimum absolute atomic E-state index is 0.227. The third-order valence-corrected chi connectivity index (χ3v) is 6.54. The largest absolute Gasteiger partial charge is 0.321 e. The minimum atomic E-state index is -0.227. The van der Waals surface area contributed by atoms with E-state index in [2.05, 4.69) is 77.6 Å². The van der Waals surface area contributed by atoms with E-state index in [0.29, 0.717) is 5.84 Å². The molecule has 4 aromatic carbocycles. The predicted molar refractivity (Wildman–Crippen MR) is 141 cm³/mol. The minimum Gasteiger partial charge on any atom is -0.321 e. The Hall–Kier alpha value is -4.18. The van der Waals surface area contributed by atoms with Gasteiger partial charge >= 0.3 is 0 Å². The van der Waals surface area contributed by atoms with Crippen LogP contribution in [0.2, 0.25) is 0 Å². The molecule has 2 N–H and O–H groups in total. The lowest BCUT2D eigenvalue weighted by Crippen LogP contribution is -2.33. The fraction of sp³-hybridized carbons (Fsp3) is 0.133. The first-order valence-corrected chi connectivity index (χ1v) is 11.7. The summed E-state index contributed by atoms with van der Waals surface area (Å²) in [6.45, 7) is 3.92. The number of benzene rings is 4. The van der Waals surface area contributed by atoms with Gasteiger partial charge in [-0.1, -0.05) is 103 Å². The monoisotopic (exact) mass is 444 g/mol. The first-order chi connectivity index (χ1) is 16.8. The second kappa shape index (κ2) is 9.75. The van der Waals surface area contributed by atoms with E-state index in [-0.39, 0.29) is 6.04 Å². The van der Waals surface area contributed by atoms with E-state index in [1.54, 1.807) is 0 Å². The molecule has 1 aliphatic carbocycles. The molecule has 0 aliphatic heterocycles. The van der Waals surface area contributed by atoms with Crippen molar-refractivity contribution in [3.05, 3.63) is 131 Å². The van der Waals surface area contributed by atoms with E-state index in [1.165, 1.54) is 17.5 Å². The van der Waals surface area contributed by atoms with Crippen molar-refractivity contribution in [3.63, 3.8) is 0 Å². The first-order valence-electron chi connectivity index (χ1n) is 11.7. The van der Waals surface area contributed by atoms with Crippen LogP contribution in [0.5, 0.6) is 0 Å². The molecule has 4 nitrogen and oxygen atoms in total. The Kier molecular flexibility index (Phi) is 6.21. The first kappa shape index (κ1) is 21.7. The number of hydrogen-bond donors (Lipinski definition) is 1. The van der Waals surface area contributed by atoms with Crippen LogP contribution in [0.15, 0.2) is 113 Å². The molecule has 0 radical (unpaired) electrons. The third kappa shape index (κ3) is 4.11. The average Bonchev–Trinajstić information content (AvgIpc) is 3.38. The van der Waals surface area contributed by atoms with E-state index in [0.717, 1.165) is 40.7 Å². The highest BCUT2D eigenvalue weighted by Crippen LogP contribution is 2.34. The molecule has 0 saturated heterocycles. The Morgan fingerprint density at radius 1 is 0.765 bits per heavy atom. The van der Waals surface area contributed by atoms with E-state index in [9.17, 15) is 0 Å². The van der Waals surface area contributed by atoms with E-state index in [4.69, 9.17) is 5.84 Å². The lowest BCUT2D eigenvalue weighted by Gasteiger charge is -2.31. The third-order valence-electron chi connectivity index (χ3n) is 6.54. The van der Waals surface area contributed by atoms with E-state index < -0.39 is 0 Å². The highest BCUT2D eigenvalue weighted by molar-refractivity contribution is 6.04. The molecule has 4 heteroatoms. The molecular weight excluding hydrogens is 416 g/mol. The summed E-state index contributed by atoms with van der Waals surface area (Å²) in [4.78, 5) is 0. The van der Waals surface area contributed by atoms with Crippen LogP contribution in [0.3, 0.4) is 0 Å². The zero-order valence-electron chi connectivity index (χ0n) is 19.1. The summed E-state index contributed by atoms with van der Waals surface area (Å²) in [6.07, 6.45) is 3.52. The maximum absolute atomic E-state index is 6.07. The van der Waals surface area contributed by atoms with Gasteiger partial charge in [0.05, 0.1) is 0 Å². The molecule has 0 bridgehead atoms. The van der Waals surface area contributed by atoms with Gasteiger partial charge in [-0.2, -0.15) is 10.2 Å². The molecule has 0 aromatic heterocycles. The molecule has 0 spiro atoms. The lowest BCUT2D eigenvalue weighted by molar-refractivity contribution is 0.379. The highest BCUT2D eigenvalue weighted by Gasteiger charge is 2.27. The van der Waals surface area contributed by atoms with Gasteiger partial charge in [-0.05, 0) is 52.6 Å². The number of amidine groups is 1. The van der Waals surface area contributed by atoms with Crippen LogP contribution in [0.25, 0.3) is 11.1 Å². The normalized spacial score (nSPS) is 13.0. The summed E-state index contributed by atoms with van der Waals surface area (Å²) in [5.41, 5.74) is 8.22. The average molecular weight is 445 g/mol. The van der Waals surface area contributed by atoms with Crippen LogP contribution < -0.4 is 5.84 Å². The second-order valence-corrected chi connectivity index (χ2v) is 8.55. The summed E-state index contributed by atoms with van der Waals surface area (Å²) in [7, 11) is 0. The molecule has 0 heterocycles. The van der Waals surface area contributed by atoms with Gasteiger partial charge in [-0.25, -0.2) is 5.01 Å². The van der Waals surface area contributed by atoms with Gasteiger partial charge < -0.3 is 5.84 Å². The number of nitrogens with zero attached hydrogens (tertiary/aromatic N) is 3. The van der Waals surface area contributed by atoms with Gasteiger partial charge in [0.1, 0.15) is 6.04 Å². The van der Waals surface area contributed by atoms with Crippen LogP contribution in [0.4, 0.5) is 0 Å². The summed E-state index contributed by atoms with van der Waals surface area (Å²) in [5.74, 6) is 6.64. The number of rotatable bonds is 6. The molecule has 5 rings (SSSR count). The molecule has 0 saturated carbocycles. The van der Waals surface area contributed by atoms with Gasteiger partial charge in [-0.15, -0.1) is 0 Å². The fourth-order valence-corrected chi connectivity index (χ4v) is 4.94. The maximum atomic E-state index is 6.07. The molecule has 0 fully saturated rings. The van der Waals surface area contributed by atoms with Gasteiger partial charge in [0, 0.05) is 12.3 Å². The Morgan fingerprint density at radius 2 is 1.38 bits per heavy atom. The van der Waals surface area contributed by atoms with Crippen molar-refractivity contribution in [2.75, 3.05) is 0 Å². The van der Waals surface area contributed by atoms with Crippen molar-refractivity contribution in [1.82, 2.24) is 5.01 Å². The van der Waals surface area contributed by atoms with Crippen LogP contribution in [0, 0.1) is 0 Å². The molecule has 0 atom stereocenters. The molecule has 1 aliphatic rings. The standard InChI is InChI=1S/C30H28N4/c1-32-34(29(23-11-4-2-5-12-23)24-13-6-3-7-14-24)30(33-31)28-18-9-8-17-27(28)26-20-19-22-15-10-16-25(22)21-26/h2-9,11-14,17-21,29H,1,10,15-16,31H2/b33-30-. The second-order valence-electron chi connectivity index (χ2n) is 8.55. The Bertz CT molecular complexity index is 1270. The van der Waals surface area contributed by atoms with E-state index in [1.807, 2.05) is 47.5 Å². The summed E-state index contributed by atoms with van der Waals surface area (Å²) < 4.78 is 0. The summed E-state index contributed by atoms with van der Waals surface area (Å²) in [5, 5.41) is 10.6. The van der Waals surface area contributed by atoms with E-state index >= 15 is 0 Å². The molecule has 168 valence electrons. The SMILES string of the molecule is C=NN(/C(=N\N)c1ccccc1-c1ccc2c(c1)CCC2)C(c1ccccc1)c1ccccc1. The number of hydrazone groups is 2. The number of hydrogen-bond acceptors (Lipinski definition) is 3. The fourth-order valence-electron chi connectivity index (χ4n) is 4.94. The zero-order valence-corrected chi connectivity index (χ0v) is 19.1. The van der Waals surface area contributed by atoms with Gasteiger partial charge in [0.25, 0.3) is 0 Å². The Morgan fingerprint density at radius 3 is 2.03 bits per heavy atom. The van der Waals surface area contributed by atoms with Gasteiger partial charge in [-0.3, -0.25) is 0 Å². The van der Waals surface area contributed by atoms with Crippen molar-refractivity contribution in [2.24, 2.45) is 16.0 Å². The number of fused-ring (bicyclic) bond motifs is 1. The maximum Gasteiger partial charge on any atom is 0.177 e. The molecule has 0 amide bonds. The highest BCUT2D eigenvalue weighted by atomic mass is 15.5. The zero-order chi connectivity index (χ0) is 23.3. The van der Waals surface area contributed by atoms with Crippen LogP contribution in [0.1, 0.15) is 40.3 Å². The quantitative estimate of drug-likeness (QED) is 0.167. The predicted octanol–water partition coefficient (Wildman–Crippen LogP) is 6.17. The molecule has 0 unspecified atom stereocenters. The van der Waals surface area contributed by atoms with Crippen molar-refractivity contribution in [3.8, 4) is 11.1 Å². The van der Waals surface area contributed by atoms with Crippen LogP contribution in [-0.4, -0.2) is 17.6 Å². The molecule has 4 aromatic rings. The van der Waals surface area contributed by atoms with Crippen molar-refractivity contribution in [1.29, 1.82) is 0 Å². The Balaban J connectivity index is 1.63. The van der Waals surface area contributed by atoms with Crippen LogP contribution in [-0.2, 0) is 12.8 Å².